The maximum atomic E-state index is 12.6. The molecule has 1 aliphatic rings. The van der Waals surface area contributed by atoms with Crippen LogP contribution in [0.3, 0.4) is 0 Å². The van der Waals surface area contributed by atoms with E-state index in [2.05, 4.69) is 5.10 Å². The van der Waals surface area contributed by atoms with Gasteiger partial charge in [-0.1, -0.05) is 19.3 Å². The lowest BCUT2D eigenvalue weighted by Gasteiger charge is -2.27. The van der Waals surface area contributed by atoms with Gasteiger partial charge in [-0.25, -0.2) is 0 Å². The van der Waals surface area contributed by atoms with Gasteiger partial charge in [-0.15, -0.1) is 0 Å². The summed E-state index contributed by atoms with van der Waals surface area (Å²) in [6.07, 6.45) is 6.39. The van der Waals surface area contributed by atoms with E-state index in [9.17, 15) is 4.79 Å². The number of anilines is 1. The molecule has 0 atom stereocenters. The lowest BCUT2D eigenvalue weighted by Crippen LogP contribution is -2.34. The molecule has 0 unspecified atom stereocenters. The molecule has 1 saturated carbocycles. The van der Waals surface area contributed by atoms with Crippen molar-refractivity contribution in [2.75, 3.05) is 19.3 Å². The number of nitrogens with zero attached hydrogens (tertiary/aromatic N) is 3. The van der Waals surface area contributed by atoms with E-state index < -0.39 is 0 Å². The van der Waals surface area contributed by atoms with Crippen LogP contribution < -0.4 is 5.73 Å². The van der Waals surface area contributed by atoms with E-state index in [-0.39, 0.29) is 5.91 Å². The van der Waals surface area contributed by atoms with Crippen LogP contribution >= 0.6 is 0 Å². The zero-order chi connectivity index (χ0) is 14.7. The highest BCUT2D eigenvalue weighted by molar-refractivity contribution is 5.97. The molecule has 5 nitrogen and oxygen atoms in total. The molecular weight excluding hydrogens is 252 g/mol. The summed E-state index contributed by atoms with van der Waals surface area (Å²) in [5.74, 6) is 0.633. The first-order chi connectivity index (χ1) is 9.54. The van der Waals surface area contributed by atoms with Gasteiger partial charge >= 0.3 is 0 Å². The van der Waals surface area contributed by atoms with Crippen molar-refractivity contribution in [2.45, 2.75) is 52.5 Å². The molecular formula is C15H26N4O. The maximum Gasteiger partial charge on any atom is 0.274 e. The third-order valence-electron chi connectivity index (χ3n) is 4.28. The van der Waals surface area contributed by atoms with E-state index in [1.807, 2.05) is 25.8 Å². The Morgan fingerprint density at radius 2 is 2.05 bits per heavy atom. The number of aromatic nitrogens is 2. The Balaban J connectivity index is 2.09. The normalized spacial score (nSPS) is 16.4. The highest BCUT2D eigenvalue weighted by Crippen LogP contribution is 2.25. The van der Waals surface area contributed by atoms with Crippen LogP contribution in [0.5, 0.6) is 0 Å². The van der Waals surface area contributed by atoms with Crippen molar-refractivity contribution in [3.8, 4) is 0 Å². The second-order valence-corrected chi connectivity index (χ2v) is 5.85. The smallest absolute Gasteiger partial charge is 0.274 e. The van der Waals surface area contributed by atoms with Crippen molar-refractivity contribution >= 4 is 11.6 Å². The van der Waals surface area contributed by atoms with E-state index in [4.69, 9.17) is 5.73 Å². The van der Waals surface area contributed by atoms with E-state index in [0.717, 1.165) is 12.2 Å². The Hall–Kier alpha value is -1.52. The maximum absolute atomic E-state index is 12.6. The molecule has 0 saturated heterocycles. The zero-order valence-corrected chi connectivity index (χ0v) is 12.9. The first-order valence-corrected chi connectivity index (χ1v) is 7.63. The van der Waals surface area contributed by atoms with Gasteiger partial charge in [0.2, 0.25) is 0 Å². The SMILES string of the molecule is CCn1nc(C)c(N)c1C(=O)N(C)CC1CCCCC1. The lowest BCUT2D eigenvalue weighted by atomic mass is 9.89. The van der Waals surface area contributed by atoms with Gasteiger partial charge in [0.05, 0.1) is 11.4 Å². The number of hydrogen-bond acceptors (Lipinski definition) is 3. The fraction of sp³-hybridized carbons (Fsp3) is 0.733. The Morgan fingerprint density at radius 1 is 1.40 bits per heavy atom. The molecule has 1 amide bonds. The highest BCUT2D eigenvalue weighted by Gasteiger charge is 2.24. The fourth-order valence-electron chi connectivity index (χ4n) is 3.07. The monoisotopic (exact) mass is 278 g/mol. The second-order valence-electron chi connectivity index (χ2n) is 5.85. The third kappa shape index (κ3) is 2.97. The minimum atomic E-state index is -0.00414. The molecule has 0 radical (unpaired) electrons. The molecule has 0 aromatic carbocycles. The molecule has 2 rings (SSSR count). The Bertz CT molecular complexity index is 474. The van der Waals surface area contributed by atoms with Crippen molar-refractivity contribution in [1.29, 1.82) is 0 Å². The molecule has 20 heavy (non-hydrogen) atoms. The van der Waals surface area contributed by atoms with Gasteiger partial charge < -0.3 is 10.6 Å². The summed E-state index contributed by atoms with van der Waals surface area (Å²) >= 11 is 0. The van der Waals surface area contributed by atoms with Gasteiger partial charge in [0.1, 0.15) is 5.69 Å². The quantitative estimate of drug-likeness (QED) is 0.920. The molecule has 1 aromatic rings. The molecule has 0 aliphatic heterocycles. The molecule has 0 spiro atoms. The van der Waals surface area contributed by atoms with Gasteiger partial charge in [0.25, 0.3) is 5.91 Å². The van der Waals surface area contributed by atoms with Gasteiger partial charge in [-0.2, -0.15) is 5.10 Å². The van der Waals surface area contributed by atoms with Crippen molar-refractivity contribution < 1.29 is 4.79 Å². The van der Waals surface area contributed by atoms with Crippen LogP contribution in [0.4, 0.5) is 5.69 Å². The van der Waals surface area contributed by atoms with E-state index in [1.165, 1.54) is 32.1 Å². The number of nitrogens with two attached hydrogens (primary N) is 1. The predicted molar refractivity (Wildman–Crippen MR) is 80.6 cm³/mol. The Morgan fingerprint density at radius 3 is 2.65 bits per heavy atom. The number of carbonyl (C=O) groups is 1. The van der Waals surface area contributed by atoms with Crippen molar-refractivity contribution in [3.63, 3.8) is 0 Å². The molecule has 2 N–H and O–H groups in total. The van der Waals surface area contributed by atoms with E-state index in [1.54, 1.807) is 4.68 Å². The highest BCUT2D eigenvalue weighted by atomic mass is 16.2. The molecule has 1 fully saturated rings. The molecule has 5 heteroatoms. The van der Waals surface area contributed by atoms with Crippen LogP contribution in [-0.2, 0) is 6.54 Å². The standard InChI is InChI=1S/C15H26N4O/c1-4-19-14(13(16)11(2)17-19)15(20)18(3)10-12-8-6-5-7-9-12/h12H,4-10,16H2,1-3H3. The van der Waals surface area contributed by atoms with Crippen LogP contribution in [-0.4, -0.2) is 34.2 Å². The average molecular weight is 278 g/mol. The summed E-state index contributed by atoms with van der Waals surface area (Å²) < 4.78 is 1.71. The summed E-state index contributed by atoms with van der Waals surface area (Å²) in [5, 5.41) is 4.32. The summed E-state index contributed by atoms with van der Waals surface area (Å²) in [6.45, 7) is 5.31. The zero-order valence-electron chi connectivity index (χ0n) is 12.9. The summed E-state index contributed by atoms with van der Waals surface area (Å²) in [5.41, 5.74) is 7.82. The van der Waals surface area contributed by atoms with Crippen LogP contribution in [0, 0.1) is 12.8 Å². The van der Waals surface area contributed by atoms with E-state index >= 15 is 0 Å². The van der Waals surface area contributed by atoms with Crippen molar-refractivity contribution in [1.82, 2.24) is 14.7 Å². The number of amides is 1. The third-order valence-corrected chi connectivity index (χ3v) is 4.28. The summed E-state index contributed by atoms with van der Waals surface area (Å²) in [7, 11) is 1.87. The lowest BCUT2D eigenvalue weighted by molar-refractivity contribution is 0.0749. The average Bonchev–Trinajstić information content (AvgIpc) is 2.74. The van der Waals surface area contributed by atoms with Gasteiger partial charge in [-0.3, -0.25) is 9.48 Å². The number of carbonyl (C=O) groups excluding carboxylic acids is 1. The minimum absolute atomic E-state index is 0.00414. The molecule has 1 aliphatic carbocycles. The van der Waals surface area contributed by atoms with Gasteiger partial charge in [-0.05, 0) is 32.6 Å². The Labute approximate surface area is 121 Å². The van der Waals surface area contributed by atoms with Crippen LogP contribution in [0.25, 0.3) is 0 Å². The first-order valence-electron chi connectivity index (χ1n) is 7.63. The van der Waals surface area contributed by atoms with Crippen molar-refractivity contribution in [3.05, 3.63) is 11.4 Å². The molecule has 1 aromatic heterocycles. The molecule has 1 heterocycles. The minimum Gasteiger partial charge on any atom is -0.395 e. The number of hydrogen-bond donors (Lipinski definition) is 1. The van der Waals surface area contributed by atoms with Crippen LogP contribution in [0.15, 0.2) is 0 Å². The molecule has 0 bridgehead atoms. The second kappa shape index (κ2) is 6.29. The fourth-order valence-corrected chi connectivity index (χ4v) is 3.07. The van der Waals surface area contributed by atoms with Crippen LogP contribution in [0.1, 0.15) is 55.2 Å². The molecule has 112 valence electrons. The van der Waals surface area contributed by atoms with Gasteiger partial charge in [0.15, 0.2) is 0 Å². The first kappa shape index (κ1) is 14.9. The predicted octanol–water partition coefficient (Wildman–Crippen LogP) is 2.45. The topological polar surface area (TPSA) is 64.2 Å². The summed E-state index contributed by atoms with van der Waals surface area (Å²) in [6, 6.07) is 0. The van der Waals surface area contributed by atoms with Gasteiger partial charge in [0, 0.05) is 20.1 Å². The van der Waals surface area contributed by atoms with Crippen molar-refractivity contribution in [2.24, 2.45) is 5.92 Å². The number of nitrogen functional groups attached to an aromatic ring is 1. The van der Waals surface area contributed by atoms with Crippen LogP contribution in [0.2, 0.25) is 0 Å². The Kier molecular flexibility index (Phi) is 4.68. The largest absolute Gasteiger partial charge is 0.395 e. The number of aryl methyl sites for hydroxylation is 2. The number of rotatable bonds is 4. The van der Waals surface area contributed by atoms with E-state index in [0.29, 0.717) is 23.8 Å². The summed E-state index contributed by atoms with van der Waals surface area (Å²) in [4.78, 5) is 14.4.